The summed E-state index contributed by atoms with van der Waals surface area (Å²) in [6, 6.07) is 8.90. The fourth-order valence-electron chi connectivity index (χ4n) is 2.46. The zero-order chi connectivity index (χ0) is 14.4. The molecule has 3 N–H and O–H groups in total. The number of aromatic nitrogens is 4. The maximum Gasteiger partial charge on any atom is 0.199 e. The van der Waals surface area contributed by atoms with Gasteiger partial charge in [-0.15, -0.1) is 0 Å². The van der Waals surface area contributed by atoms with E-state index in [1.807, 2.05) is 12.1 Å². The molecular weight excluding hydrogens is 266 g/mol. The van der Waals surface area contributed by atoms with Gasteiger partial charge in [-0.3, -0.25) is 0 Å². The summed E-state index contributed by atoms with van der Waals surface area (Å²) in [5.41, 5.74) is 3.89. The Hall–Kier alpha value is -3.33. The van der Waals surface area contributed by atoms with Crippen LogP contribution in [0.15, 0.2) is 36.7 Å². The van der Waals surface area contributed by atoms with Crippen LogP contribution >= 0.6 is 0 Å². The van der Waals surface area contributed by atoms with Crippen molar-refractivity contribution < 1.29 is 5.11 Å². The van der Waals surface area contributed by atoms with E-state index in [1.165, 1.54) is 0 Å². The Morgan fingerprint density at radius 1 is 1.14 bits per heavy atom. The quantitative estimate of drug-likeness (QED) is 0.466. The van der Waals surface area contributed by atoms with E-state index in [-0.39, 0.29) is 5.88 Å². The van der Waals surface area contributed by atoms with E-state index in [4.69, 9.17) is 6.57 Å². The Kier molecular flexibility index (Phi) is 2.23. The van der Waals surface area contributed by atoms with Crippen LogP contribution < -0.4 is 0 Å². The summed E-state index contributed by atoms with van der Waals surface area (Å²) < 4.78 is 0. The average molecular weight is 275 g/mol. The second-order valence-electron chi connectivity index (χ2n) is 4.66. The van der Waals surface area contributed by atoms with Gasteiger partial charge in [-0.05, 0) is 24.3 Å². The maximum absolute atomic E-state index is 10.2. The molecule has 0 bridgehead atoms. The van der Waals surface area contributed by atoms with Gasteiger partial charge < -0.3 is 15.1 Å². The van der Waals surface area contributed by atoms with Crippen LogP contribution in [-0.4, -0.2) is 25.0 Å². The van der Waals surface area contributed by atoms with E-state index < -0.39 is 0 Å². The number of aromatic hydroxyl groups is 1. The van der Waals surface area contributed by atoms with Crippen LogP contribution in [0, 0.1) is 6.57 Å². The SMILES string of the molecule is [C-]#[N+]c1ccc2[nH]c(O)c(-c3ccc4[nH]cnc4n3)c2c1. The highest BCUT2D eigenvalue weighted by atomic mass is 16.3. The van der Waals surface area contributed by atoms with Gasteiger partial charge in [0.05, 0.1) is 29.7 Å². The highest BCUT2D eigenvalue weighted by Crippen LogP contribution is 2.37. The van der Waals surface area contributed by atoms with Crippen LogP contribution in [0.3, 0.4) is 0 Å². The van der Waals surface area contributed by atoms with Gasteiger partial charge in [0.2, 0.25) is 0 Å². The Labute approximate surface area is 118 Å². The van der Waals surface area contributed by atoms with E-state index in [1.54, 1.807) is 24.5 Å². The van der Waals surface area contributed by atoms with Gasteiger partial charge >= 0.3 is 0 Å². The lowest BCUT2D eigenvalue weighted by molar-refractivity contribution is 0.460. The minimum Gasteiger partial charge on any atom is -0.494 e. The van der Waals surface area contributed by atoms with Gasteiger partial charge in [-0.2, -0.15) is 0 Å². The molecule has 0 spiro atoms. The van der Waals surface area contributed by atoms with Crippen molar-refractivity contribution in [3.8, 4) is 17.1 Å². The summed E-state index contributed by atoms with van der Waals surface area (Å²) in [5.74, 6) is 0.0366. The average Bonchev–Trinajstić information content (AvgIpc) is 3.08. The van der Waals surface area contributed by atoms with Crippen LogP contribution in [0.1, 0.15) is 0 Å². The summed E-state index contributed by atoms with van der Waals surface area (Å²) in [6.45, 7) is 7.11. The zero-order valence-corrected chi connectivity index (χ0v) is 10.8. The molecule has 0 aliphatic carbocycles. The smallest absolute Gasteiger partial charge is 0.199 e. The van der Waals surface area contributed by atoms with Crippen molar-refractivity contribution in [2.45, 2.75) is 0 Å². The summed E-state index contributed by atoms with van der Waals surface area (Å²) in [5, 5.41) is 10.9. The molecule has 3 heterocycles. The van der Waals surface area contributed by atoms with E-state index in [9.17, 15) is 5.11 Å². The summed E-state index contributed by atoms with van der Waals surface area (Å²) >= 11 is 0. The largest absolute Gasteiger partial charge is 0.494 e. The van der Waals surface area contributed by atoms with Gasteiger partial charge in [-0.1, -0.05) is 6.07 Å². The second-order valence-corrected chi connectivity index (χ2v) is 4.66. The van der Waals surface area contributed by atoms with Crippen molar-refractivity contribution in [1.82, 2.24) is 19.9 Å². The number of imidazole rings is 1. The predicted molar refractivity (Wildman–Crippen MR) is 79.1 cm³/mol. The monoisotopic (exact) mass is 275 g/mol. The molecule has 0 amide bonds. The lowest BCUT2D eigenvalue weighted by atomic mass is 10.1. The number of nitrogens with one attached hydrogen (secondary N) is 2. The van der Waals surface area contributed by atoms with Crippen LogP contribution in [0.2, 0.25) is 0 Å². The van der Waals surface area contributed by atoms with Crippen LogP contribution in [0.5, 0.6) is 5.88 Å². The zero-order valence-electron chi connectivity index (χ0n) is 10.8. The van der Waals surface area contributed by atoms with E-state index >= 15 is 0 Å². The number of fused-ring (bicyclic) bond motifs is 2. The minimum absolute atomic E-state index is 0.0366. The molecule has 6 nitrogen and oxygen atoms in total. The van der Waals surface area contributed by atoms with Crippen molar-refractivity contribution in [3.63, 3.8) is 0 Å². The lowest BCUT2D eigenvalue weighted by Crippen LogP contribution is -1.84. The Morgan fingerprint density at radius 3 is 2.86 bits per heavy atom. The number of pyridine rings is 1. The molecule has 4 aromatic rings. The molecule has 100 valence electrons. The van der Waals surface area contributed by atoms with Crippen LogP contribution in [0.4, 0.5) is 5.69 Å². The fourth-order valence-corrected chi connectivity index (χ4v) is 2.46. The molecule has 0 aliphatic rings. The predicted octanol–water partition coefficient (Wildman–Crippen LogP) is 3.36. The molecular formula is C15H9N5O. The number of rotatable bonds is 1. The van der Waals surface area contributed by atoms with Gasteiger partial charge in [0, 0.05) is 10.9 Å². The topological polar surface area (TPSA) is 82.0 Å². The molecule has 21 heavy (non-hydrogen) atoms. The molecule has 0 saturated carbocycles. The van der Waals surface area contributed by atoms with E-state index in [0.717, 1.165) is 16.4 Å². The highest BCUT2D eigenvalue weighted by molar-refractivity contribution is 6.00. The number of H-pyrrole nitrogens is 2. The minimum atomic E-state index is 0.0366. The number of hydrogen-bond acceptors (Lipinski definition) is 3. The van der Waals surface area contributed by atoms with Crippen LogP contribution in [-0.2, 0) is 0 Å². The molecule has 0 aliphatic heterocycles. The summed E-state index contributed by atoms with van der Waals surface area (Å²) in [4.78, 5) is 17.9. The maximum atomic E-state index is 10.2. The first-order chi connectivity index (χ1) is 10.3. The van der Waals surface area contributed by atoms with Gasteiger partial charge in [0.1, 0.15) is 0 Å². The van der Waals surface area contributed by atoms with E-state index in [0.29, 0.717) is 22.6 Å². The normalized spacial score (nSPS) is 11.0. The fraction of sp³-hybridized carbons (Fsp3) is 0. The first kappa shape index (κ1) is 11.5. The number of hydrogen-bond donors (Lipinski definition) is 3. The molecule has 0 saturated heterocycles. The number of nitrogens with zero attached hydrogens (tertiary/aromatic N) is 3. The summed E-state index contributed by atoms with van der Waals surface area (Å²) in [6.07, 6.45) is 1.58. The van der Waals surface area contributed by atoms with Crippen molar-refractivity contribution in [2.75, 3.05) is 0 Å². The molecule has 0 fully saturated rings. The first-order valence-electron chi connectivity index (χ1n) is 6.29. The molecule has 1 aromatic carbocycles. The van der Waals surface area contributed by atoms with Gasteiger partial charge in [0.25, 0.3) is 0 Å². The molecule has 0 radical (unpaired) electrons. The highest BCUT2D eigenvalue weighted by Gasteiger charge is 2.15. The standard InChI is InChI=1S/C15H9N5O/c1-16-8-2-3-10-9(6-8)13(15(21)20-10)11-4-5-12-14(19-11)18-7-17-12/h2-7,20-21H,(H,17,18,19). The molecule has 6 heteroatoms. The third-order valence-electron chi connectivity index (χ3n) is 3.43. The third-order valence-corrected chi connectivity index (χ3v) is 3.43. The van der Waals surface area contributed by atoms with E-state index in [2.05, 4.69) is 24.8 Å². The first-order valence-corrected chi connectivity index (χ1v) is 6.29. The van der Waals surface area contributed by atoms with Crippen molar-refractivity contribution >= 4 is 27.8 Å². The van der Waals surface area contributed by atoms with Crippen molar-refractivity contribution in [1.29, 1.82) is 0 Å². The van der Waals surface area contributed by atoms with Gasteiger partial charge in [0.15, 0.2) is 17.2 Å². The summed E-state index contributed by atoms with van der Waals surface area (Å²) in [7, 11) is 0. The van der Waals surface area contributed by atoms with Crippen molar-refractivity contribution in [2.24, 2.45) is 0 Å². The van der Waals surface area contributed by atoms with Gasteiger partial charge in [-0.25, -0.2) is 14.8 Å². The lowest BCUT2D eigenvalue weighted by Gasteiger charge is -2.00. The molecule has 0 atom stereocenters. The molecule has 4 rings (SSSR count). The molecule has 0 unspecified atom stereocenters. The Bertz CT molecular complexity index is 1020. The Balaban J connectivity index is 2.04. The number of benzene rings is 1. The third kappa shape index (κ3) is 1.65. The Morgan fingerprint density at radius 2 is 2.00 bits per heavy atom. The second kappa shape index (κ2) is 4.08. The molecule has 3 aromatic heterocycles. The van der Waals surface area contributed by atoms with Crippen LogP contribution in [0.25, 0.3) is 38.2 Å². The number of aromatic amines is 2. The van der Waals surface area contributed by atoms with Crippen molar-refractivity contribution in [3.05, 3.63) is 48.1 Å².